The minimum Gasteiger partial charge on any atom is -0.291 e. The van der Waals surface area contributed by atoms with Gasteiger partial charge in [0.15, 0.2) is 0 Å². The zero-order valence-corrected chi connectivity index (χ0v) is 8.88. The van der Waals surface area contributed by atoms with Crippen molar-refractivity contribution < 1.29 is 0 Å². The standard InChI is InChI=1S/C4H8I2N2/c1-8-2-7-3(5)4(8)6/h3-4,7H,2H2,1H3. The van der Waals surface area contributed by atoms with Crippen LogP contribution >= 0.6 is 45.2 Å². The van der Waals surface area contributed by atoms with Gasteiger partial charge in [0, 0.05) is 6.67 Å². The maximum absolute atomic E-state index is 3.32. The monoisotopic (exact) mass is 338 g/mol. The highest BCUT2D eigenvalue weighted by atomic mass is 127. The molecular formula is C4H8I2N2. The van der Waals surface area contributed by atoms with Crippen molar-refractivity contribution in [3.63, 3.8) is 0 Å². The van der Waals surface area contributed by atoms with Gasteiger partial charge in [0.05, 0.1) is 8.10 Å². The van der Waals surface area contributed by atoms with Crippen molar-refractivity contribution in [3.8, 4) is 0 Å². The van der Waals surface area contributed by atoms with E-state index in [-0.39, 0.29) is 0 Å². The summed E-state index contributed by atoms with van der Waals surface area (Å²) in [5.41, 5.74) is 0. The highest BCUT2D eigenvalue weighted by Gasteiger charge is 2.25. The topological polar surface area (TPSA) is 15.3 Å². The van der Waals surface area contributed by atoms with E-state index in [4.69, 9.17) is 0 Å². The number of halogens is 2. The Kier molecular flexibility index (Phi) is 2.79. The Morgan fingerprint density at radius 1 is 1.62 bits per heavy atom. The third-order valence-corrected chi connectivity index (χ3v) is 5.37. The number of alkyl halides is 2. The number of nitrogens with one attached hydrogen (secondary N) is 1. The van der Waals surface area contributed by atoms with Crippen molar-refractivity contribution in [2.45, 2.75) is 8.10 Å². The highest BCUT2D eigenvalue weighted by Crippen LogP contribution is 2.20. The number of nitrogens with zero attached hydrogens (tertiary/aromatic N) is 1. The first-order valence-corrected chi connectivity index (χ1v) is 4.92. The number of hydrogen-bond acceptors (Lipinski definition) is 2. The van der Waals surface area contributed by atoms with Gasteiger partial charge in [0.25, 0.3) is 0 Å². The van der Waals surface area contributed by atoms with Gasteiger partial charge >= 0.3 is 0 Å². The van der Waals surface area contributed by atoms with Gasteiger partial charge in [-0.2, -0.15) is 0 Å². The van der Waals surface area contributed by atoms with Crippen LogP contribution in [0.5, 0.6) is 0 Å². The summed E-state index contributed by atoms with van der Waals surface area (Å²) >= 11 is 4.85. The van der Waals surface area contributed by atoms with Crippen LogP contribution in [0.4, 0.5) is 0 Å². The van der Waals surface area contributed by atoms with E-state index in [1.54, 1.807) is 0 Å². The summed E-state index contributed by atoms with van der Waals surface area (Å²) in [6, 6.07) is 0. The summed E-state index contributed by atoms with van der Waals surface area (Å²) < 4.78 is 1.28. The Hall–Kier alpha value is 1.38. The van der Waals surface area contributed by atoms with Crippen molar-refractivity contribution in [2.75, 3.05) is 13.7 Å². The normalized spacial score (nSPS) is 40.9. The first-order valence-electron chi connectivity index (χ1n) is 2.43. The van der Waals surface area contributed by atoms with Crippen LogP contribution in [0.2, 0.25) is 0 Å². The molecule has 0 aromatic carbocycles. The second kappa shape index (κ2) is 2.98. The van der Waals surface area contributed by atoms with Crippen LogP contribution in [0.1, 0.15) is 0 Å². The molecule has 1 heterocycles. The van der Waals surface area contributed by atoms with Gasteiger partial charge in [-0.1, -0.05) is 45.2 Å². The van der Waals surface area contributed by atoms with Crippen molar-refractivity contribution in [1.29, 1.82) is 0 Å². The molecule has 1 saturated heterocycles. The Bertz CT molecular complexity index is 78.1. The Labute approximate surface area is 76.7 Å². The Balaban J connectivity index is 2.44. The van der Waals surface area contributed by atoms with E-state index in [2.05, 4.69) is 62.4 Å². The summed E-state index contributed by atoms with van der Waals surface area (Å²) in [6.07, 6.45) is 0. The van der Waals surface area contributed by atoms with E-state index >= 15 is 0 Å². The molecule has 4 heteroatoms. The fourth-order valence-electron chi connectivity index (χ4n) is 0.639. The fourth-order valence-corrected chi connectivity index (χ4v) is 1.84. The number of likely N-dealkylation sites (N-methyl/N-ethyl adjacent to an activating group) is 1. The first-order chi connectivity index (χ1) is 3.72. The average Bonchev–Trinajstić information content (AvgIpc) is 1.98. The van der Waals surface area contributed by atoms with Crippen LogP contribution in [-0.2, 0) is 0 Å². The summed E-state index contributed by atoms with van der Waals surface area (Å²) in [5.74, 6) is 0. The first kappa shape index (κ1) is 7.49. The predicted octanol–water partition coefficient (Wildman–Crippen LogP) is 1.00. The zero-order chi connectivity index (χ0) is 6.15. The fraction of sp³-hybridized carbons (Fsp3) is 1.00. The molecule has 2 atom stereocenters. The molecule has 48 valence electrons. The Morgan fingerprint density at radius 2 is 2.25 bits per heavy atom. The molecule has 0 aromatic rings. The van der Waals surface area contributed by atoms with E-state index < -0.39 is 0 Å². The van der Waals surface area contributed by atoms with Crippen molar-refractivity contribution >= 4 is 45.2 Å². The van der Waals surface area contributed by atoms with Crippen molar-refractivity contribution in [2.24, 2.45) is 0 Å². The molecule has 1 aliphatic heterocycles. The van der Waals surface area contributed by atoms with Crippen LogP contribution in [0.15, 0.2) is 0 Å². The lowest BCUT2D eigenvalue weighted by Gasteiger charge is -2.11. The van der Waals surface area contributed by atoms with E-state index in [1.165, 1.54) is 0 Å². The maximum Gasteiger partial charge on any atom is 0.0875 e. The SMILES string of the molecule is CN1CNC(I)C1I. The summed E-state index contributed by atoms with van der Waals surface area (Å²) in [5, 5.41) is 3.32. The molecule has 1 rings (SSSR count). The molecule has 0 bridgehead atoms. The third kappa shape index (κ3) is 1.45. The molecule has 1 aliphatic rings. The highest BCUT2D eigenvalue weighted by molar-refractivity contribution is 14.1. The van der Waals surface area contributed by atoms with Crippen LogP contribution in [0.3, 0.4) is 0 Å². The maximum atomic E-state index is 3.32. The van der Waals surface area contributed by atoms with E-state index in [0.717, 1.165) is 6.67 Å². The van der Waals surface area contributed by atoms with Gasteiger partial charge in [-0.25, -0.2) is 0 Å². The van der Waals surface area contributed by atoms with E-state index in [1.807, 2.05) is 0 Å². The lowest BCUT2D eigenvalue weighted by atomic mass is 10.7. The second-order valence-electron chi connectivity index (χ2n) is 1.89. The molecule has 0 spiro atoms. The smallest absolute Gasteiger partial charge is 0.0875 e. The zero-order valence-electron chi connectivity index (χ0n) is 4.56. The van der Waals surface area contributed by atoms with Gasteiger partial charge in [-0.15, -0.1) is 0 Å². The molecule has 1 N–H and O–H groups in total. The molecular weight excluding hydrogens is 330 g/mol. The molecule has 0 aliphatic carbocycles. The van der Waals surface area contributed by atoms with Crippen LogP contribution in [0, 0.1) is 0 Å². The molecule has 0 aromatic heterocycles. The largest absolute Gasteiger partial charge is 0.291 e. The van der Waals surface area contributed by atoms with Crippen molar-refractivity contribution in [1.82, 2.24) is 10.2 Å². The summed E-state index contributed by atoms with van der Waals surface area (Å²) in [7, 11) is 2.13. The molecule has 8 heavy (non-hydrogen) atoms. The number of rotatable bonds is 0. The van der Waals surface area contributed by atoms with Gasteiger partial charge in [0.2, 0.25) is 0 Å². The minimum absolute atomic E-state index is 0.623. The van der Waals surface area contributed by atoms with Gasteiger partial charge in [0.1, 0.15) is 0 Å². The molecule has 2 nitrogen and oxygen atoms in total. The lowest BCUT2D eigenvalue weighted by molar-refractivity contribution is 0.399. The second-order valence-corrected chi connectivity index (χ2v) is 4.51. The van der Waals surface area contributed by atoms with Gasteiger partial charge in [-0.3, -0.25) is 10.2 Å². The summed E-state index contributed by atoms with van der Waals surface area (Å²) in [6.45, 7) is 1.03. The van der Waals surface area contributed by atoms with E-state index in [9.17, 15) is 0 Å². The van der Waals surface area contributed by atoms with Crippen molar-refractivity contribution in [3.05, 3.63) is 0 Å². The van der Waals surface area contributed by atoms with Crippen LogP contribution in [0.25, 0.3) is 0 Å². The van der Waals surface area contributed by atoms with Crippen LogP contribution in [-0.4, -0.2) is 26.7 Å². The minimum atomic E-state index is 0.623. The van der Waals surface area contributed by atoms with Gasteiger partial charge < -0.3 is 0 Å². The van der Waals surface area contributed by atoms with Gasteiger partial charge in [-0.05, 0) is 7.05 Å². The Morgan fingerprint density at radius 3 is 2.38 bits per heavy atom. The quantitative estimate of drug-likeness (QED) is 0.403. The van der Waals surface area contributed by atoms with Crippen LogP contribution < -0.4 is 5.32 Å². The number of hydrogen-bond donors (Lipinski definition) is 1. The summed E-state index contributed by atoms with van der Waals surface area (Å²) in [4.78, 5) is 2.29. The predicted molar refractivity (Wildman–Crippen MR) is 51.4 cm³/mol. The van der Waals surface area contributed by atoms with E-state index in [0.29, 0.717) is 8.10 Å². The molecule has 0 radical (unpaired) electrons. The molecule has 0 amide bonds. The lowest BCUT2D eigenvalue weighted by Crippen LogP contribution is -2.22. The molecule has 0 saturated carbocycles. The third-order valence-electron chi connectivity index (χ3n) is 1.20. The molecule has 2 unspecified atom stereocenters. The average molecular weight is 338 g/mol. The molecule has 1 fully saturated rings.